The Hall–Kier alpha value is -3.40. The molecule has 0 N–H and O–H groups in total. The van der Waals surface area contributed by atoms with Crippen LogP contribution in [-0.2, 0) is 28.6 Å². The molecule has 6 nitrogen and oxygen atoms in total. The highest BCUT2D eigenvalue weighted by molar-refractivity contribution is 7.87. The Kier molecular flexibility index (Phi) is 8.27. The second kappa shape index (κ2) is 11.1. The first-order valence-corrected chi connectivity index (χ1v) is 13.0. The van der Waals surface area contributed by atoms with Crippen LogP contribution in [0.2, 0.25) is 0 Å². The molecule has 0 saturated heterocycles. The lowest BCUT2D eigenvalue weighted by Gasteiger charge is -2.02. The fourth-order valence-electron chi connectivity index (χ4n) is 2.67. The van der Waals surface area contributed by atoms with Gasteiger partial charge in [0.15, 0.2) is 0 Å². The molecule has 0 atom stereocenters. The standard InChI is InChI=1S/C26H22O6S2/c1-21-7-15-25(16-8-21)33(27,28)31-19-3-5-23-11-13-24(14-12-23)6-4-20-32-34(29,30)26-17-9-22(2)10-18-26/h7-18H,19-20H2,1-2H3. The lowest BCUT2D eigenvalue weighted by molar-refractivity contribution is 0.362. The van der Waals surface area contributed by atoms with Crippen molar-refractivity contribution in [3.63, 3.8) is 0 Å². The smallest absolute Gasteiger partial charge is 0.253 e. The Morgan fingerprint density at radius 1 is 0.559 bits per heavy atom. The van der Waals surface area contributed by atoms with Crippen LogP contribution in [0.4, 0.5) is 0 Å². The third kappa shape index (κ3) is 7.31. The average Bonchev–Trinajstić information content (AvgIpc) is 2.81. The molecule has 0 aliphatic heterocycles. The summed E-state index contributed by atoms with van der Waals surface area (Å²) < 4.78 is 58.4. The van der Waals surface area contributed by atoms with E-state index in [1.165, 1.54) is 24.3 Å². The fourth-order valence-corrected chi connectivity index (χ4v) is 4.31. The first kappa shape index (κ1) is 25.2. The van der Waals surface area contributed by atoms with Gasteiger partial charge in [-0.05, 0) is 62.4 Å². The normalized spacial score (nSPS) is 11.1. The second-order valence-electron chi connectivity index (χ2n) is 7.24. The fraction of sp³-hybridized carbons (Fsp3) is 0.154. The van der Waals surface area contributed by atoms with Gasteiger partial charge in [-0.1, -0.05) is 59.1 Å². The zero-order chi connectivity index (χ0) is 24.6. The molecule has 8 heteroatoms. The van der Waals surface area contributed by atoms with Gasteiger partial charge in [-0.25, -0.2) is 0 Å². The van der Waals surface area contributed by atoms with E-state index in [2.05, 4.69) is 23.7 Å². The predicted molar refractivity (Wildman–Crippen MR) is 129 cm³/mol. The highest BCUT2D eigenvalue weighted by Crippen LogP contribution is 2.14. The molecule has 3 rings (SSSR count). The topological polar surface area (TPSA) is 86.7 Å². The Morgan fingerprint density at radius 3 is 1.21 bits per heavy atom. The highest BCUT2D eigenvalue weighted by Gasteiger charge is 2.14. The number of benzene rings is 3. The summed E-state index contributed by atoms with van der Waals surface area (Å²) in [6.07, 6.45) is 0. The van der Waals surface area contributed by atoms with Crippen LogP contribution in [-0.4, -0.2) is 30.0 Å². The zero-order valence-corrected chi connectivity index (χ0v) is 20.2. The lowest BCUT2D eigenvalue weighted by atomic mass is 10.1. The summed E-state index contributed by atoms with van der Waals surface area (Å²) in [6, 6.07) is 19.6. The van der Waals surface area contributed by atoms with Gasteiger partial charge in [0.25, 0.3) is 20.2 Å². The van der Waals surface area contributed by atoms with Crippen molar-refractivity contribution >= 4 is 20.2 Å². The highest BCUT2D eigenvalue weighted by atomic mass is 32.2. The van der Waals surface area contributed by atoms with Gasteiger partial charge < -0.3 is 0 Å². The molecule has 0 aliphatic rings. The molecule has 0 radical (unpaired) electrons. The molecule has 0 aromatic heterocycles. The molecule has 3 aromatic rings. The Bertz CT molecular complexity index is 1350. The monoisotopic (exact) mass is 494 g/mol. The molecule has 34 heavy (non-hydrogen) atoms. The van der Waals surface area contributed by atoms with Crippen LogP contribution in [0.3, 0.4) is 0 Å². The average molecular weight is 495 g/mol. The first-order chi connectivity index (χ1) is 16.2. The predicted octanol–water partition coefficient (Wildman–Crippen LogP) is 3.82. The zero-order valence-electron chi connectivity index (χ0n) is 18.6. The van der Waals surface area contributed by atoms with E-state index >= 15 is 0 Å². The second-order valence-corrected chi connectivity index (χ2v) is 10.5. The minimum absolute atomic E-state index is 0.0819. The minimum atomic E-state index is -3.86. The summed E-state index contributed by atoms with van der Waals surface area (Å²) in [7, 11) is -7.71. The van der Waals surface area contributed by atoms with E-state index in [0.717, 1.165) is 11.1 Å². The van der Waals surface area contributed by atoms with Crippen LogP contribution in [0.5, 0.6) is 0 Å². The largest absolute Gasteiger partial charge is 0.297 e. The maximum atomic E-state index is 12.1. The Labute approximate surface area is 200 Å². The van der Waals surface area contributed by atoms with Gasteiger partial charge in [0.2, 0.25) is 0 Å². The van der Waals surface area contributed by atoms with Gasteiger partial charge in [-0.15, -0.1) is 0 Å². The molecule has 0 spiro atoms. The van der Waals surface area contributed by atoms with Gasteiger partial charge in [-0.2, -0.15) is 16.8 Å². The van der Waals surface area contributed by atoms with Crippen molar-refractivity contribution < 1.29 is 25.2 Å². The van der Waals surface area contributed by atoms with Crippen LogP contribution in [0, 0.1) is 37.5 Å². The van der Waals surface area contributed by atoms with Crippen molar-refractivity contribution in [1.29, 1.82) is 0 Å². The van der Waals surface area contributed by atoms with Crippen molar-refractivity contribution in [2.24, 2.45) is 0 Å². The van der Waals surface area contributed by atoms with Gasteiger partial charge in [0.1, 0.15) is 13.2 Å². The molecule has 0 unspecified atom stereocenters. The lowest BCUT2D eigenvalue weighted by Crippen LogP contribution is -2.06. The first-order valence-electron chi connectivity index (χ1n) is 10.2. The number of hydrogen-bond donors (Lipinski definition) is 0. The Balaban J connectivity index is 1.51. The molecule has 3 aromatic carbocycles. The van der Waals surface area contributed by atoms with Crippen molar-refractivity contribution in [2.75, 3.05) is 13.2 Å². The van der Waals surface area contributed by atoms with Crippen LogP contribution in [0.1, 0.15) is 22.3 Å². The Morgan fingerprint density at radius 2 is 0.882 bits per heavy atom. The molecule has 0 amide bonds. The third-order valence-electron chi connectivity index (χ3n) is 4.54. The van der Waals surface area contributed by atoms with E-state index in [1.54, 1.807) is 48.5 Å². The van der Waals surface area contributed by atoms with E-state index in [4.69, 9.17) is 8.37 Å². The van der Waals surface area contributed by atoms with Gasteiger partial charge in [0, 0.05) is 11.1 Å². The van der Waals surface area contributed by atoms with Crippen LogP contribution >= 0.6 is 0 Å². The number of aryl methyl sites for hydroxylation is 2. The molecule has 0 aliphatic carbocycles. The SMILES string of the molecule is Cc1ccc(S(=O)(=O)OCC#Cc2ccc(C#CCOS(=O)(=O)c3ccc(C)cc3)cc2)cc1. The van der Waals surface area contributed by atoms with Gasteiger partial charge >= 0.3 is 0 Å². The summed E-state index contributed by atoms with van der Waals surface area (Å²) in [6.45, 7) is 3.18. The number of rotatable bonds is 6. The summed E-state index contributed by atoms with van der Waals surface area (Å²) >= 11 is 0. The van der Waals surface area contributed by atoms with Crippen molar-refractivity contribution in [3.8, 4) is 23.7 Å². The van der Waals surface area contributed by atoms with E-state index < -0.39 is 20.2 Å². The van der Waals surface area contributed by atoms with E-state index in [1.807, 2.05) is 13.8 Å². The summed E-state index contributed by atoms with van der Waals surface area (Å²) in [5.74, 6) is 11.0. The molecule has 0 heterocycles. The maximum Gasteiger partial charge on any atom is 0.297 e. The summed E-state index contributed by atoms with van der Waals surface area (Å²) in [5, 5.41) is 0. The number of hydrogen-bond acceptors (Lipinski definition) is 6. The van der Waals surface area contributed by atoms with E-state index in [-0.39, 0.29) is 23.0 Å². The maximum absolute atomic E-state index is 12.1. The minimum Gasteiger partial charge on any atom is -0.253 e. The molecule has 174 valence electrons. The third-order valence-corrected chi connectivity index (χ3v) is 7.10. The summed E-state index contributed by atoms with van der Waals surface area (Å²) in [4.78, 5) is 0.164. The quantitative estimate of drug-likeness (QED) is 0.383. The van der Waals surface area contributed by atoms with Crippen molar-refractivity contribution in [1.82, 2.24) is 0 Å². The van der Waals surface area contributed by atoms with E-state index in [0.29, 0.717) is 11.1 Å². The van der Waals surface area contributed by atoms with Crippen molar-refractivity contribution in [3.05, 3.63) is 95.1 Å². The molecular weight excluding hydrogens is 472 g/mol. The van der Waals surface area contributed by atoms with Crippen molar-refractivity contribution in [2.45, 2.75) is 23.6 Å². The van der Waals surface area contributed by atoms with Crippen LogP contribution < -0.4 is 0 Å². The molecule has 0 saturated carbocycles. The van der Waals surface area contributed by atoms with E-state index in [9.17, 15) is 16.8 Å². The van der Waals surface area contributed by atoms with Gasteiger partial charge in [0.05, 0.1) is 9.79 Å². The molecular formula is C26H22O6S2. The van der Waals surface area contributed by atoms with Crippen LogP contribution in [0.15, 0.2) is 82.6 Å². The molecule has 0 bridgehead atoms. The van der Waals surface area contributed by atoms with Gasteiger partial charge in [-0.3, -0.25) is 8.37 Å². The summed E-state index contributed by atoms with van der Waals surface area (Å²) in [5.41, 5.74) is 3.21. The molecule has 0 fully saturated rings. The van der Waals surface area contributed by atoms with Crippen LogP contribution in [0.25, 0.3) is 0 Å².